The first-order chi connectivity index (χ1) is 7.70. The molecule has 1 heterocycles. The summed E-state index contributed by atoms with van der Waals surface area (Å²) >= 11 is 0. The monoisotopic (exact) mass is 223 g/mol. The van der Waals surface area contributed by atoms with Crippen molar-refractivity contribution in [2.75, 3.05) is 5.32 Å². The summed E-state index contributed by atoms with van der Waals surface area (Å²) in [7, 11) is 0. The molecule has 3 nitrogen and oxygen atoms in total. The van der Waals surface area contributed by atoms with Gasteiger partial charge in [0.25, 0.3) is 0 Å². The van der Waals surface area contributed by atoms with Crippen LogP contribution in [0.4, 0.5) is 20.4 Å². The minimum absolute atomic E-state index is 0.210. The van der Waals surface area contributed by atoms with Gasteiger partial charge in [0, 0.05) is 25.0 Å². The molecule has 0 unspecified atom stereocenters. The number of imidazole rings is 1. The van der Waals surface area contributed by atoms with Gasteiger partial charge in [-0.15, -0.1) is 0 Å². The summed E-state index contributed by atoms with van der Waals surface area (Å²) in [6, 6.07) is 3.38. The molecule has 0 aliphatic carbocycles. The molecule has 84 valence electrons. The van der Waals surface area contributed by atoms with E-state index in [2.05, 4.69) is 10.3 Å². The van der Waals surface area contributed by atoms with Gasteiger partial charge in [0.05, 0.1) is 5.69 Å². The van der Waals surface area contributed by atoms with Gasteiger partial charge in [-0.25, -0.2) is 13.8 Å². The first-order valence-corrected chi connectivity index (χ1v) is 4.94. The van der Waals surface area contributed by atoms with Crippen LogP contribution in [0.15, 0.2) is 30.6 Å². The van der Waals surface area contributed by atoms with Crippen molar-refractivity contribution in [3.63, 3.8) is 0 Å². The Kier molecular flexibility index (Phi) is 2.85. The lowest BCUT2D eigenvalue weighted by molar-refractivity contribution is 0.585. The predicted octanol–water partition coefficient (Wildman–Crippen LogP) is 2.92. The SMILES string of the molecule is CCn1ccnc1Nc1ccc(F)cc1F. The zero-order chi connectivity index (χ0) is 11.5. The highest BCUT2D eigenvalue weighted by molar-refractivity contribution is 5.54. The number of aryl methyl sites for hydroxylation is 1. The Morgan fingerprint density at radius 3 is 2.88 bits per heavy atom. The van der Waals surface area contributed by atoms with Crippen molar-refractivity contribution >= 4 is 11.6 Å². The van der Waals surface area contributed by atoms with Crippen LogP contribution >= 0.6 is 0 Å². The Morgan fingerprint density at radius 2 is 2.19 bits per heavy atom. The molecule has 16 heavy (non-hydrogen) atoms. The fraction of sp³-hybridized carbons (Fsp3) is 0.182. The Hall–Kier alpha value is -1.91. The summed E-state index contributed by atoms with van der Waals surface area (Å²) in [5.41, 5.74) is 0.210. The van der Waals surface area contributed by atoms with Gasteiger partial charge in [-0.1, -0.05) is 0 Å². The summed E-state index contributed by atoms with van der Waals surface area (Å²) in [5, 5.41) is 2.81. The number of halogens is 2. The highest BCUT2D eigenvalue weighted by Gasteiger charge is 2.06. The number of hydrogen-bond donors (Lipinski definition) is 1. The quantitative estimate of drug-likeness (QED) is 0.867. The van der Waals surface area contributed by atoms with Crippen molar-refractivity contribution in [2.45, 2.75) is 13.5 Å². The fourth-order valence-electron chi connectivity index (χ4n) is 1.40. The first kappa shape index (κ1) is 10.6. The van der Waals surface area contributed by atoms with E-state index in [0.717, 1.165) is 12.6 Å². The van der Waals surface area contributed by atoms with E-state index in [9.17, 15) is 8.78 Å². The van der Waals surface area contributed by atoms with Gasteiger partial charge in [-0.2, -0.15) is 0 Å². The van der Waals surface area contributed by atoms with Crippen LogP contribution in [0.3, 0.4) is 0 Å². The van der Waals surface area contributed by atoms with Gasteiger partial charge >= 0.3 is 0 Å². The number of benzene rings is 1. The van der Waals surface area contributed by atoms with E-state index in [1.807, 2.05) is 11.5 Å². The van der Waals surface area contributed by atoms with Crippen molar-refractivity contribution < 1.29 is 8.78 Å². The second-order valence-corrected chi connectivity index (χ2v) is 3.29. The molecule has 1 aromatic carbocycles. The van der Waals surface area contributed by atoms with Crippen LogP contribution in [0.25, 0.3) is 0 Å². The molecule has 0 saturated heterocycles. The lowest BCUT2D eigenvalue weighted by Gasteiger charge is -2.08. The molecule has 5 heteroatoms. The van der Waals surface area contributed by atoms with E-state index in [1.54, 1.807) is 12.4 Å². The Labute approximate surface area is 91.7 Å². The minimum atomic E-state index is -0.634. The van der Waals surface area contributed by atoms with Crippen LogP contribution in [0.5, 0.6) is 0 Å². The molecule has 0 amide bonds. The van der Waals surface area contributed by atoms with E-state index >= 15 is 0 Å². The molecule has 0 atom stereocenters. The maximum Gasteiger partial charge on any atom is 0.207 e. The molecular weight excluding hydrogens is 212 g/mol. The molecule has 0 aliphatic heterocycles. The molecule has 2 aromatic rings. The zero-order valence-electron chi connectivity index (χ0n) is 8.74. The van der Waals surface area contributed by atoms with Crippen LogP contribution in [-0.4, -0.2) is 9.55 Å². The highest BCUT2D eigenvalue weighted by Crippen LogP contribution is 2.19. The van der Waals surface area contributed by atoms with Gasteiger partial charge in [0.2, 0.25) is 5.95 Å². The standard InChI is InChI=1S/C11H11F2N3/c1-2-16-6-5-14-11(16)15-10-4-3-8(12)7-9(10)13/h3-7H,2H2,1H3,(H,14,15). The molecule has 1 aromatic heterocycles. The molecule has 0 aliphatic rings. The minimum Gasteiger partial charge on any atom is -0.323 e. The van der Waals surface area contributed by atoms with Crippen molar-refractivity contribution in [1.82, 2.24) is 9.55 Å². The van der Waals surface area contributed by atoms with Crippen LogP contribution < -0.4 is 5.32 Å². The van der Waals surface area contributed by atoms with E-state index in [0.29, 0.717) is 5.95 Å². The molecule has 2 rings (SSSR count). The summed E-state index contributed by atoms with van der Waals surface area (Å²) < 4.78 is 27.8. The third kappa shape index (κ3) is 2.03. The molecule has 0 bridgehead atoms. The van der Waals surface area contributed by atoms with Gasteiger partial charge < -0.3 is 9.88 Å². The molecule has 0 spiro atoms. The first-order valence-electron chi connectivity index (χ1n) is 4.94. The number of anilines is 2. The van der Waals surface area contributed by atoms with Gasteiger partial charge in [0.1, 0.15) is 11.6 Å². The van der Waals surface area contributed by atoms with Gasteiger partial charge in [-0.05, 0) is 19.1 Å². The second kappa shape index (κ2) is 4.30. The highest BCUT2D eigenvalue weighted by atomic mass is 19.1. The smallest absolute Gasteiger partial charge is 0.207 e. The van der Waals surface area contributed by atoms with E-state index in [1.165, 1.54) is 12.1 Å². The van der Waals surface area contributed by atoms with Crippen LogP contribution in [0.2, 0.25) is 0 Å². The van der Waals surface area contributed by atoms with Crippen molar-refractivity contribution in [3.05, 3.63) is 42.2 Å². The van der Waals surface area contributed by atoms with Crippen LogP contribution in [-0.2, 0) is 6.54 Å². The normalized spacial score (nSPS) is 10.4. The summed E-state index contributed by atoms with van der Waals surface area (Å²) in [4.78, 5) is 4.04. The average Bonchev–Trinajstić information content (AvgIpc) is 2.69. The summed E-state index contributed by atoms with van der Waals surface area (Å²) in [5.74, 6) is -0.694. The average molecular weight is 223 g/mol. The van der Waals surface area contributed by atoms with Crippen molar-refractivity contribution in [3.8, 4) is 0 Å². The van der Waals surface area contributed by atoms with E-state index in [-0.39, 0.29) is 5.69 Å². The maximum absolute atomic E-state index is 13.3. The van der Waals surface area contributed by atoms with E-state index < -0.39 is 11.6 Å². The third-order valence-electron chi connectivity index (χ3n) is 2.23. The summed E-state index contributed by atoms with van der Waals surface area (Å²) in [6.45, 7) is 2.68. The Balaban J connectivity index is 2.27. The second-order valence-electron chi connectivity index (χ2n) is 3.29. The van der Waals surface area contributed by atoms with Gasteiger partial charge in [-0.3, -0.25) is 0 Å². The van der Waals surface area contributed by atoms with Crippen LogP contribution in [0.1, 0.15) is 6.92 Å². The lowest BCUT2D eigenvalue weighted by Crippen LogP contribution is -2.02. The number of nitrogens with zero attached hydrogens (tertiary/aromatic N) is 2. The molecular formula is C11H11F2N3. The fourth-order valence-corrected chi connectivity index (χ4v) is 1.40. The Bertz CT molecular complexity index is 494. The summed E-state index contributed by atoms with van der Waals surface area (Å²) in [6.07, 6.45) is 3.40. The van der Waals surface area contributed by atoms with Gasteiger partial charge in [0.15, 0.2) is 0 Å². The van der Waals surface area contributed by atoms with Crippen LogP contribution in [0, 0.1) is 11.6 Å². The molecule has 1 N–H and O–H groups in total. The molecule has 0 fully saturated rings. The largest absolute Gasteiger partial charge is 0.323 e. The van der Waals surface area contributed by atoms with E-state index in [4.69, 9.17) is 0 Å². The Morgan fingerprint density at radius 1 is 1.38 bits per heavy atom. The predicted molar refractivity (Wildman–Crippen MR) is 57.5 cm³/mol. The zero-order valence-corrected chi connectivity index (χ0v) is 8.74. The topological polar surface area (TPSA) is 29.9 Å². The number of aromatic nitrogens is 2. The van der Waals surface area contributed by atoms with Crippen molar-refractivity contribution in [1.29, 1.82) is 0 Å². The number of hydrogen-bond acceptors (Lipinski definition) is 2. The maximum atomic E-state index is 13.3. The number of rotatable bonds is 3. The van der Waals surface area contributed by atoms with Crippen molar-refractivity contribution in [2.24, 2.45) is 0 Å². The number of nitrogens with one attached hydrogen (secondary N) is 1. The third-order valence-corrected chi connectivity index (χ3v) is 2.23. The molecule has 0 radical (unpaired) electrons. The lowest BCUT2D eigenvalue weighted by atomic mass is 10.3. The molecule has 0 saturated carbocycles.